The number of nitrogens with zero attached hydrogens (tertiary/aromatic N) is 1. The molecule has 2 rings (SSSR count). The highest BCUT2D eigenvalue weighted by Crippen LogP contribution is 2.28. The van der Waals surface area contributed by atoms with E-state index in [-0.39, 0.29) is 23.0 Å². The van der Waals surface area contributed by atoms with Crippen LogP contribution >= 0.6 is 15.9 Å². The largest absolute Gasteiger partial charge is 0.478 e. The molecule has 1 aromatic rings. The van der Waals surface area contributed by atoms with E-state index in [1.165, 1.54) is 22.5 Å². The molecule has 1 fully saturated rings. The zero-order chi connectivity index (χ0) is 14.9. The Morgan fingerprint density at radius 3 is 2.80 bits per heavy atom. The van der Waals surface area contributed by atoms with Gasteiger partial charge in [-0.05, 0) is 41.1 Å². The van der Waals surface area contributed by atoms with Crippen LogP contribution in [0.4, 0.5) is 0 Å². The number of carboxylic acids is 1. The van der Waals surface area contributed by atoms with Gasteiger partial charge in [0.2, 0.25) is 10.0 Å². The summed E-state index contributed by atoms with van der Waals surface area (Å²) in [6.45, 7) is 2.67. The first-order chi connectivity index (χ1) is 9.34. The normalized spacial score (nSPS) is 20.8. The van der Waals surface area contributed by atoms with E-state index in [1.54, 1.807) is 6.92 Å². The Morgan fingerprint density at radius 2 is 2.20 bits per heavy atom. The van der Waals surface area contributed by atoms with Gasteiger partial charge in [0.25, 0.3) is 0 Å². The molecule has 0 aliphatic carbocycles. The van der Waals surface area contributed by atoms with E-state index >= 15 is 0 Å². The average molecular weight is 364 g/mol. The molecule has 1 aliphatic rings. The van der Waals surface area contributed by atoms with Crippen molar-refractivity contribution >= 4 is 31.9 Å². The van der Waals surface area contributed by atoms with Crippen molar-refractivity contribution < 1.29 is 23.1 Å². The summed E-state index contributed by atoms with van der Waals surface area (Å²) in [5.41, 5.74) is -0.0623. The van der Waals surface area contributed by atoms with E-state index in [0.717, 1.165) is 0 Å². The molecule has 1 saturated heterocycles. The average Bonchev–Trinajstić information content (AvgIpc) is 2.39. The molecule has 0 bridgehead atoms. The predicted molar refractivity (Wildman–Crippen MR) is 75.3 cm³/mol. The van der Waals surface area contributed by atoms with Crippen LogP contribution in [0.3, 0.4) is 0 Å². The van der Waals surface area contributed by atoms with Gasteiger partial charge in [0.15, 0.2) is 0 Å². The third kappa shape index (κ3) is 2.88. The number of sulfonamides is 1. The van der Waals surface area contributed by atoms with Crippen LogP contribution in [0.25, 0.3) is 0 Å². The Bertz CT molecular complexity index is 631. The lowest BCUT2D eigenvalue weighted by molar-refractivity contribution is 0.0392. The minimum Gasteiger partial charge on any atom is -0.478 e. The molecule has 1 atom stereocenters. The molecule has 1 N–H and O–H groups in total. The van der Waals surface area contributed by atoms with Crippen molar-refractivity contribution in [2.24, 2.45) is 0 Å². The maximum Gasteiger partial charge on any atom is 0.335 e. The van der Waals surface area contributed by atoms with Crippen molar-refractivity contribution in [2.45, 2.75) is 17.9 Å². The molecular weight excluding hydrogens is 350 g/mol. The molecule has 1 heterocycles. The Morgan fingerprint density at radius 1 is 1.50 bits per heavy atom. The minimum atomic E-state index is -3.75. The third-order valence-corrected chi connectivity index (χ3v) is 6.08. The van der Waals surface area contributed by atoms with Crippen molar-refractivity contribution in [3.8, 4) is 0 Å². The number of benzene rings is 1. The van der Waals surface area contributed by atoms with Gasteiger partial charge in [0.1, 0.15) is 0 Å². The van der Waals surface area contributed by atoms with Crippen molar-refractivity contribution in [3.05, 3.63) is 28.2 Å². The number of ether oxygens (including phenoxy) is 1. The summed E-state index contributed by atoms with van der Waals surface area (Å²) in [4.78, 5) is 11.0. The third-order valence-electron chi connectivity index (χ3n) is 3.07. The standard InChI is InChI=1S/C12H14BrNO5S/c1-8-7-19-5-4-14(8)20(17,18)11-6-9(12(15)16)2-3-10(11)13/h2-3,6,8H,4-5,7H2,1H3,(H,15,16)/t8-/m1/s1. The van der Waals surface area contributed by atoms with Crippen LogP contribution in [0.1, 0.15) is 17.3 Å². The Hall–Kier alpha value is -0.960. The molecule has 0 radical (unpaired) electrons. The van der Waals surface area contributed by atoms with Crippen molar-refractivity contribution in [1.82, 2.24) is 4.31 Å². The van der Waals surface area contributed by atoms with Gasteiger partial charge in [0, 0.05) is 17.1 Å². The molecule has 8 heteroatoms. The molecule has 0 spiro atoms. The number of rotatable bonds is 3. The van der Waals surface area contributed by atoms with Gasteiger partial charge in [0.05, 0.1) is 23.7 Å². The van der Waals surface area contributed by atoms with E-state index in [2.05, 4.69) is 15.9 Å². The Balaban J connectivity index is 2.48. The highest BCUT2D eigenvalue weighted by molar-refractivity contribution is 9.10. The van der Waals surface area contributed by atoms with Crippen LogP contribution in [-0.2, 0) is 14.8 Å². The molecule has 0 saturated carbocycles. The summed E-state index contributed by atoms with van der Waals surface area (Å²) in [7, 11) is -3.75. The number of carboxylic acid groups (broad SMARTS) is 1. The summed E-state index contributed by atoms with van der Waals surface area (Å²) in [5.74, 6) is -1.16. The van der Waals surface area contributed by atoms with Gasteiger partial charge >= 0.3 is 5.97 Å². The first-order valence-corrected chi connectivity index (χ1v) is 8.20. The fourth-order valence-electron chi connectivity index (χ4n) is 2.03. The minimum absolute atomic E-state index is 0.0360. The SMILES string of the molecule is C[C@@H]1COCCN1S(=O)(=O)c1cc(C(=O)O)ccc1Br. The van der Waals surface area contributed by atoms with Crippen LogP contribution in [0, 0.1) is 0 Å². The van der Waals surface area contributed by atoms with Crippen LogP contribution < -0.4 is 0 Å². The van der Waals surface area contributed by atoms with Crippen LogP contribution in [0.2, 0.25) is 0 Å². The molecule has 110 valence electrons. The van der Waals surface area contributed by atoms with E-state index < -0.39 is 16.0 Å². The highest BCUT2D eigenvalue weighted by atomic mass is 79.9. The fourth-order valence-corrected chi connectivity index (χ4v) is 4.58. The second kappa shape index (κ2) is 5.80. The zero-order valence-corrected chi connectivity index (χ0v) is 13.1. The molecule has 1 aromatic carbocycles. The molecule has 0 aromatic heterocycles. The zero-order valence-electron chi connectivity index (χ0n) is 10.7. The van der Waals surface area contributed by atoms with Crippen LogP contribution in [0.5, 0.6) is 0 Å². The van der Waals surface area contributed by atoms with E-state index in [0.29, 0.717) is 17.7 Å². The van der Waals surface area contributed by atoms with Gasteiger partial charge in [-0.2, -0.15) is 4.31 Å². The van der Waals surface area contributed by atoms with Gasteiger partial charge in [-0.25, -0.2) is 13.2 Å². The van der Waals surface area contributed by atoms with Gasteiger partial charge in [-0.1, -0.05) is 0 Å². The smallest absolute Gasteiger partial charge is 0.335 e. The first-order valence-electron chi connectivity index (χ1n) is 5.96. The monoisotopic (exact) mass is 363 g/mol. The number of morpholine rings is 1. The summed E-state index contributed by atoms with van der Waals surface area (Å²) in [6, 6.07) is 3.67. The maximum atomic E-state index is 12.6. The second-order valence-electron chi connectivity index (χ2n) is 4.49. The highest BCUT2D eigenvalue weighted by Gasteiger charge is 2.33. The molecule has 0 unspecified atom stereocenters. The van der Waals surface area contributed by atoms with Crippen LogP contribution in [-0.4, -0.2) is 49.6 Å². The quantitative estimate of drug-likeness (QED) is 0.880. The van der Waals surface area contributed by atoms with Crippen molar-refractivity contribution in [1.29, 1.82) is 0 Å². The summed E-state index contributed by atoms with van der Waals surface area (Å²) in [5, 5.41) is 8.98. The summed E-state index contributed by atoms with van der Waals surface area (Å²) < 4.78 is 32.2. The van der Waals surface area contributed by atoms with Gasteiger partial charge in [-0.15, -0.1) is 0 Å². The summed E-state index contributed by atoms with van der Waals surface area (Å²) in [6.07, 6.45) is 0. The molecule has 6 nitrogen and oxygen atoms in total. The van der Waals surface area contributed by atoms with E-state index in [9.17, 15) is 13.2 Å². The summed E-state index contributed by atoms with van der Waals surface area (Å²) >= 11 is 3.17. The van der Waals surface area contributed by atoms with Crippen molar-refractivity contribution in [2.75, 3.05) is 19.8 Å². The molecule has 20 heavy (non-hydrogen) atoms. The second-order valence-corrected chi connectivity index (χ2v) is 7.20. The number of hydrogen-bond acceptors (Lipinski definition) is 4. The number of aromatic carboxylic acids is 1. The van der Waals surface area contributed by atoms with E-state index in [1.807, 2.05) is 0 Å². The van der Waals surface area contributed by atoms with E-state index in [4.69, 9.17) is 9.84 Å². The van der Waals surface area contributed by atoms with Gasteiger partial charge < -0.3 is 9.84 Å². The number of halogens is 1. The Kier molecular flexibility index (Phi) is 4.48. The van der Waals surface area contributed by atoms with Crippen LogP contribution in [0.15, 0.2) is 27.6 Å². The molecular formula is C12H14BrNO5S. The fraction of sp³-hybridized carbons (Fsp3) is 0.417. The number of hydrogen-bond donors (Lipinski definition) is 1. The lowest BCUT2D eigenvalue weighted by atomic mass is 10.2. The Labute approximate surface area is 125 Å². The number of carbonyl (C=O) groups is 1. The first kappa shape index (κ1) is 15.4. The lowest BCUT2D eigenvalue weighted by Crippen LogP contribution is -2.47. The predicted octanol–water partition coefficient (Wildman–Crippen LogP) is 1.56. The van der Waals surface area contributed by atoms with Gasteiger partial charge in [-0.3, -0.25) is 0 Å². The van der Waals surface area contributed by atoms with Crippen molar-refractivity contribution in [3.63, 3.8) is 0 Å². The molecule has 1 aliphatic heterocycles. The maximum absolute atomic E-state index is 12.6. The molecule has 0 amide bonds. The topological polar surface area (TPSA) is 83.9 Å². The lowest BCUT2D eigenvalue weighted by Gasteiger charge is -2.32.